The molecule has 1 fully saturated rings. The summed E-state index contributed by atoms with van der Waals surface area (Å²) >= 11 is 0. The van der Waals surface area contributed by atoms with Crippen LogP contribution in [0.4, 0.5) is 0 Å². The molecule has 0 saturated heterocycles. The van der Waals surface area contributed by atoms with E-state index in [0.717, 1.165) is 49.1 Å². The molecule has 0 amide bonds. The number of aliphatic carboxylic acids is 1. The fraction of sp³-hybridized carbons (Fsp3) is 0.400. The van der Waals surface area contributed by atoms with E-state index in [1.54, 1.807) is 6.20 Å². The minimum Gasteiger partial charge on any atom is -0.489 e. The van der Waals surface area contributed by atoms with E-state index >= 15 is 0 Å². The van der Waals surface area contributed by atoms with Gasteiger partial charge in [0.05, 0.1) is 5.92 Å². The van der Waals surface area contributed by atoms with E-state index in [2.05, 4.69) is 16.4 Å². The first-order valence-corrected chi connectivity index (χ1v) is 8.78. The number of hydrogen-bond donors (Lipinski definition) is 2. The normalized spacial score (nSPS) is 20.2. The Kier molecular flexibility index (Phi) is 6.01. The van der Waals surface area contributed by atoms with Crippen molar-refractivity contribution in [3.8, 4) is 5.75 Å². The van der Waals surface area contributed by atoms with E-state index < -0.39 is 5.97 Å². The zero-order valence-corrected chi connectivity index (χ0v) is 14.2. The molecule has 2 N–H and O–H groups in total. The van der Waals surface area contributed by atoms with Crippen molar-refractivity contribution in [2.45, 2.75) is 44.9 Å². The van der Waals surface area contributed by atoms with Gasteiger partial charge < -0.3 is 15.2 Å². The zero-order chi connectivity index (χ0) is 17.5. The highest BCUT2D eigenvalue weighted by atomic mass is 16.5. The van der Waals surface area contributed by atoms with E-state index in [0.29, 0.717) is 12.6 Å². The van der Waals surface area contributed by atoms with E-state index in [9.17, 15) is 4.79 Å². The van der Waals surface area contributed by atoms with Gasteiger partial charge in [-0.2, -0.15) is 0 Å². The van der Waals surface area contributed by atoms with Gasteiger partial charge in [0.2, 0.25) is 0 Å². The maximum Gasteiger partial charge on any atom is 0.306 e. The zero-order valence-electron chi connectivity index (χ0n) is 14.2. The number of pyridine rings is 1. The van der Waals surface area contributed by atoms with Crippen LogP contribution < -0.4 is 10.1 Å². The minimum atomic E-state index is -0.660. The molecule has 132 valence electrons. The minimum absolute atomic E-state index is 0.173. The average Bonchev–Trinajstić information content (AvgIpc) is 2.66. The third-order valence-corrected chi connectivity index (χ3v) is 4.75. The van der Waals surface area contributed by atoms with Crippen LogP contribution in [0.15, 0.2) is 48.8 Å². The number of nitrogens with one attached hydrogen (secondary N) is 1. The van der Waals surface area contributed by atoms with Crippen molar-refractivity contribution < 1.29 is 14.6 Å². The Morgan fingerprint density at radius 3 is 2.68 bits per heavy atom. The Morgan fingerprint density at radius 1 is 1.16 bits per heavy atom. The van der Waals surface area contributed by atoms with Crippen molar-refractivity contribution in [3.63, 3.8) is 0 Å². The van der Waals surface area contributed by atoms with E-state index in [1.807, 2.05) is 36.5 Å². The molecule has 1 aliphatic rings. The lowest BCUT2D eigenvalue weighted by Crippen LogP contribution is -2.34. The molecule has 3 rings (SSSR count). The molecular weight excluding hydrogens is 316 g/mol. The van der Waals surface area contributed by atoms with Crippen LogP contribution in [-0.4, -0.2) is 22.1 Å². The summed E-state index contributed by atoms with van der Waals surface area (Å²) in [6.45, 7) is 1.22. The standard InChI is InChI=1S/C20H24N2O3/c23-20(24)16-7-9-18(10-8-16)22-13-17-5-1-2-6-19(17)25-14-15-4-3-11-21-12-15/h1-6,11-12,16,18,22H,7-10,13-14H2,(H,23,24). The number of carbonyl (C=O) groups is 1. The van der Waals surface area contributed by atoms with Crippen molar-refractivity contribution in [1.82, 2.24) is 10.3 Å². The third-order valence-electron chi connectivity index (χ3n) is 4.75. The van der Waals surface area contributed by atoms with Gasteiger partial charge in [0, 0.05) is 36.1 Å². The molecule has 0 unspecified atom stereocenters. The lowest BCUT2D eigenvalue weighted by atomic mass is 9.86. The molecule has 5 nitrogen and oxygen atoms in total. The quantitative estimate of drug-likeness (QED) is 0.808. The van der Waals surface area contributed by atoms with Gasteiger partial charge in [-0.1, -0.05) is 24.3 Å². The molecule has 0 spiro atoms. The Labute approximate surface area is 148 Å². The Hall–Kier alpha value is -2.40. The molecule has 2 aromatic rings. The molecule has 5 heteroatoms. The molecule has 25 heavy (non-hydrogen) atoms. The topological polar surface area (TPSA) is 71.5 Å². The van der Waals surface area contributed by atoms with Crippen LogP contribution >= 0.6 is 0 Å². The lowest BCUT2D eigenvalue weighted by Gasteiger charge is -2.27. The van der Waals surface area contributed by atoms with Crippen LogP contribution in [0.25, 0.3) is 0 Å². The Bertz CT molecular complexity index is 682. The van der Waals surface area contributed by atoms with E-state index in [-0.39, 0.29) is 5.92 Å². The lowest BCUT2D eigenvalue weighted by molar-refractivity contribution is -0.142. The fourth-order valence-electron chi connectivity index (χ4n) is 3.23. The molecule has 1 aliphatic carbocycles. The van der Waals surface area contributed by atoms with Crippen molar-refractivity contribution in [2.75, 3.05) is 0 Å². The van der Waals surface area contributed by atoms with Gasteiger partial charge in [-0.05, 0) is 37.8 Å². The van der Waals surface area contributed by atoms with Crippen molar-refractivity contribution in [3.05, 3.63) is 59.9 Å². The SMILES string of the molecule is O=C(O)C1CCC(NCc2ccccc2OCc2cccnc2)CC1. The molecule has 1 aromatic carbocycles. The van der Waals surface area contributed by atoms with Gasteiger partial charge >= 0.3 is 5.97 Å². The molecule has 1 saturated carbocycles. The fourth-order valence-corrected chi connectivity index (χ4v) is 3.23. The van der Waals surface area contributed by atoms with E-state index in [1.165, 1.54) is 0 Å². The summed E-state index contributed by atoms with van der Waals surface area (Å²) in [6.07, 6.45) is 6.89. The third kappa shape index (κ3) is 5.03. The second-order valence-corrected chi connectivity index (χ2v) is 6.53. The van der Waals surface area contributed by atoms with E-state index in [4.69, 9.17) is 9.84 Å². The monoisotopic (exact) mass is 340 g/mol. The molecule has 0 atom stereocenters. The largest absolute Gasteiger partial charge is 0.489 e. The average molecular weight is 340 g/mol. The predicted molar refractivity (Wildman–Crippen MR) is 95.2 cm³/mol. The van der Waals surface area contributed by atoms with Crippen LogP contribution in [0, 0.1) is 5.92 Å². The number of nitrogens with zero attached hydrogens (tertiary/aromatic N) is 1. The summed E-state index contributed by atoms with van der Waals surface area (Å²) in [5.41, 5.74) is 2.16. The summed E-state index contributed by atoms with van der Waals surface area (Å²) in [6, 6.07) is 12.3. The van der Waals surface area contributed by atoms with Gasteiger partial charge in [-0.25, -0.2) is 0 Å². The smallest absolute Gasteiger partial charge is 0.306 e. The number of ether oxygens (including phenoxy) is 1. The highest BCUT2D eigenvalue weighted by molar-refractivity contribution is 5.70. The Balaban J connectivity index is 1.52. The van der Waals surface area contributed by atoms with Gasteiger partial charge in [0.25, 0.3) is 0 Å². The van der Waals surface area contributed by atoms with Gasteiger partial charge in [0.15, 0.2) is 0 Å². The van der Waals surface area contributed by atoms with Crippen LogP contribution in [-0.2, 0) is 17.9 Å². The second-order valence-electron chi connectivity index (χ2n) is 6.53. The van der Waals surface area contributed by atoms with Crippen molar-refractivity contribution in [2.24, 2.45) is 5.92 Å². The molecule has 1 heterocycles. The van der Waals surface area contributed by atoms with Gasteiger partial charge in [-0.3, -0.25) is 9.78 Å². The molecule has 0 radical (unpaired) electrons. The number of aromatic nitrogens is 1. The van der Waals surface area contributed by atoms with Crippen molar-refractivity contribution in [1.29, 1.82) is 0 Å². The molecule has 1 aromatic heterocycles. The number of rotatable bonds is 7. The highest BCUT2D eigenvalue weighted by Gasteiger charge is 2.25. The maximum atomic E-state index is 11.0. The van der Waals surface area contributed by atoms with Crippen molar-refractivity contribution >= 4 is 5.97 Å². The van der Waals surface area contributed by atoms with Crippen LogP contribution in [0.2, 0.25) is 0 Å². The molecule has 0 aliphatic heterocycles. The highest BCUT2D eigenvalue weighted by Crippen LogP contribution is 2.25. The van der Waals surface area contributed by atoms with Gasteiger partial charge in [0.1, 0.15) is 12.4 Å². The summed E-state index contributed by atoms with van der Waals surface area (Å²) in [5.74, 6) is 0.0406. The number of para-hydroxylation sites is 1. The maximum absolute atomic E-state index is 11.0. The van der Waals surface area contributed by atoms with Crippen LogP contribution in [0.3, 0.4) is 0 Å². The first kappa shape index (κ1) is 17.4. The Morgan fingerprint density at radius 2 is 1.96 bits per heavy atom. The number of benzene rings is 1. The summed E-state index contributed by atoms with van der Waals surface area (Å²) in [5, 5.41) is 12.6. The molecular formula is C20H24N2O3. The summed E-state index contributed by atoms with van der Waals surface area (Å²) < 4.78 is 5.95. The number of carboxylic acids is 1. The summed E-state index contributed by atoms with van der Waals surface area (Å²) in [7, 11) is 0. The number of hydrogen-bond acceptors (Lipinski definition) is 4. The second kappa shape index (κ2) is 8.62. The van der Waals surface area contributed by atoms with Gasteiger partial charge in [-0.15, -0.1) is 0 Å². The molecule has 0 bridgehead atoms. The van der Waals surface area contributed by atoms with Crippen LogP contribution in [0.5, 0.6) is 5.75 Å². The predicted octanol–water partition coefficient (Wildman–Crippen LogP) is 3.39. The first-order chi connectivity index (χ1) is 12.2. The van der Waals surface area contributed by atoms with Crippen LogP contribution in [0.1, 0.15) is 36.8 Å². The summed E-state index contributed by atoms with van der Waals surface area (Å²) in [4.78, 5) is 15.1. The number of carboxylic acid groups (broad SMARTS) is 1. The first-order valence-electron chi connectivity index (χ1n) is 8.78.